The quantitative estimate of drug-likeness (QED) is 0.577. The molecule has 1 saturated carbocycles. The summed E-state index contributed by atoms with van der Waals surface area (Å²) in [5.41, 5.74) is -0.346. The monoisotopic (exact) mass is 357 g/mol. The lowest BCUT2D eigenvalue weighted by atomic mass is 9.95. The number of carbonyl (C=O) groups excluding carboxylic acids is 1. The fourth-order valence-electron chi connectivity index (χ4n) is 2.88. The lowest BCUT2D eigenvalue weighted by Gasteiger charge is -2.23. The van der Waals surface area contributed by atoms with Crippen molar-refractivity contribution in [3.8, 4) is 5.75 Å². The number of halogens is 2. The van der Waals surface area contributed by atoms with E-state index in [1.54, 1.807) is 0 Å². The molecule has 0 radical (unpaired) electrons. The highest BCUT2D eigenvalue weighted by Gasteiger charge is 2.25. The molecule has 1 aliphatic carbocycles. The zero-order valence-corrected chi connectivity index (χ0v) is 13.9. The third kappa shape index (κ3) is 5.01. The molecular formula is C16H21F2N3O4. The van der Waals surface area contributed by atoms with Gasteiger partial charge in [0.2, 0.25) is 0 Å². The second kappa shape index (κ2) is 8.59. The van der Waals surface area contributed by atoms with Gasteiger partial charge in [-0.05, 0) is 12.8 Å². The Balaban J connectivity index is 2.31. The molecule has 1 aliphatic rings. The fourth-order valence-corrected chi connectivity index (χ4v) is 2.88. The SMILES string of the molecule is CNc1cc(OCC(F)F)c(C(=O)NC2CCCCC2)cc1[N+](=O)[O-]. The summed E-state index contributed by atoms with van der Waals surface area (Å²) in [6.45, 7) is -0.898. The van der Waals surface area contributed by atoms with Crippen molar-refractivity contribution in [2.75, 3.05) is 19.0 Å². The molecule has 0 spiro atoms. The van der Waals surface area contributed by atoms with E-state index in [2.05, 4.69) is 10.6 Å². The molecule has 2 N–H and O–H groups in total. The number of carbonyl (C=O) groups is 1. The summed E-state index contributed by atoms with van der Waals surface area (Å²) >= 11 is 0. The molecule has 0 atom stereocenters. The van der Waals surface area contributed by atoms with Gasteiger partial charge in [-0.1, -0.05) is 19.3 Å². The van der Waals surface area contributed by atoms with Gasteiger partial charge in [0.15, 0.2) is 0 Å². The van der Waals surface area contributed by atoms with Crippen molar-refractivity contribution in [3.05, 3.63) is 27.8 Å². The lowest BCUT2D eigenvalue weighted by Crippen LogP contribution is -2.36. The number of ether oxygens (including phenoxy) is 1. The van der Waals surface area contributed by atoms with Crippen molar-refractivity contribution >= 4 is 17.3 Å². The Labute approximate surface area is 143 Å². The molecule has 0 aromatic heterocycles. The number of anilines is 1. The van der Waals surface area contributed by atoms with Gasteiger partial charge in [-0.25, -0.2) is 8.78 Å². The Kier molecular flexibility index (Phi) is 6.49. The van der Waals surface area contributed by atoms with Crippen LogP contribution in [0.5, 0.6) is 5.75 Å². The first-order valence-corrected chi connectivity index (χ1v) is 8.14. The fraction of sp³-hybridized carbons (Fsp3) is 0.562. The molecule has 0 aliphatic heterocycles. The number of rotatable bonds is 7. The normalized spacial score (nSPS) is 15.0. The minimum absolute atomic E-state index is 0.0211. The van der Waals surface area contributed by atoms with Gasteiger partial charge in [0.1, 0.15) is 18.0 Å². The van der Waals surface area contributed by atoms with E-state index in [0.717, 1.165) is 38.2 Å². The van der Waals surface area contributed by atoms with Crippen molar-refractivity contribution in [2.24, 2.45) is 0 Å². The molecule has 1 aromatic carbocycles. The Morgan fingerprint density at radius 3 is 2.60 bits per heavy atom. The Morgan fingerprint density at radius 2 is 2.04 bits per heavy atom. The molecule has 138 valence electrons. The van der Waals surface area contributed by atoms with Gasteiger partial charge >= 0.3 is 0 Å². The van der Waals surface area contributed by atoms with Crippen LogP contribution in [0.4, 0.5) is 20.2 Å². The van der Waals surface area contributed by atoms with Crippen LogP contribution in [0.1, 0.15) is 42.5 Å². The van der Waals surface area contributed by atoms with Crippen molar-refractivity contribution in [1.82, 2.24) is 5.32 Å². The summed E-state index contributed by atoms with van der Waals surface area (Å²) in [7, 11) is 1.46. The third-order valence-corrected chi connectivity index (χ3v) is 4.11. The van der Waals surface area contributed by atoms with Crippen LogP contribution in [0.3, 0.4) is 0 Å². The van der Waals surface area contributed by atoms with Gasteiger partial charge in [-0.3, -0.25) is 14.9 Å². The minimum Gasteiger partial charge on any atom is -0.487 e. The molecule has 1 aromatic rings. The van der Waals surface area contributed by atoms with E-state index < -0.39 is 23.9 Å². The molecule has 7 nitrogen and oxygen atoms in total. The second-order valence-corrected chi connectivity index (χ2v) is 5.88. The van der Waals surface area contributed by atoms with Gasteiger partial charge in [0.05, 0.1) is 10.5 Å². The number of nitro benzene ring substituents is 1. The molecule has 2 rings (SSSR count). The van der Waals surface area contributed by atoms with Crippen molar-refractivity contribution in [3.63, 3.8) is 0 Å². The first-order chi connectivity index (χ1) is 11.9. The van der Waals surface area contributed by atoms with Crippen molar-refractivity contribution in [2.45, 2.75) is 44.6 Å². The summed E-state index contributed by atoms with van der Waals surface area (Å²) in [4.78, 5) is 23.1. The largest absolute Gasteiger partial charge is 0.487 e. The topological polar surface area (TPSA) is 93.5 Å². The van der Waals surface area contributed by atoms with Crippen LogP contribution >= 0.6 is 0 Å². The maximum atomic E-state index is 12.5. The van der Waals surface area contributed by atoms with Crippen LogP contribution in [-0.2, 0) is 0 Å². The van der Waals surface area contributed by atoms with E-state index >= 15 is 0 Å². The van der Waals surface area contributed by atoms with E-state index in [1.165, 1.54) is 13.1 Å². The molecule has 0 heterocycles. The van der Waals surface area contributed by atoms with Crippen LogP contribution in [-0.4, -0.2) is 37.0 Å². The summed E-state index contributed by atoms with van der Waals surface area (Å²) in [6.07, 6.45) is 2.04. The molecule has 1 amide bonds. The number of benzene rings is 1. The van der Waals surface area contributed by atoms with Crippen LogP contribution in [0.25, 0.3) is 0 Å². The van der Waals surface area contributed by atoms with E-state index in [-0.39, 0.29) is 28.7 Å². The molecule has 9 heteroatoms. The van der Waals surface area contributed by atoms with E-state index in [4.69, 9.17) is 4.74 Å². The second-order valence-electron chi connectivity index (χ2n) is 5.88. The van der Waals surface area contributed by atoms with Crippen LogP contribution in [0.2, 0.25) is 0 Å². The summed E-state index contributed by atoms with van der Waals surface area (Å²) in [5.74, 6) is -0.662. The highest BCUT2D eigenvalue weighted by molar-refractivity contribution is 5.99. The Hall–Kier alpha value is -2.45. The number of hydrogen-bond donors (Lipinski definition) is 2. The van der Waals surface area contributed by atoms with Gasteiger partial charge < -0.3 is 15.4 Å². The van der Waals surface area contributed by atoms with E-state index in [9.17, 15) is 23.7 Å². The maximum absolute atomic E-state index is 12.5. The molecule has 25 heavy (non-hydrogen) atoms. The molecule has 0 bridgehead atoms. The predicted octanol–water partition coefficient (Wildman–Crippen LogP) is 3.34. The van der Waals surface area contributed by atoms with Gasteiger partial charge in [0.25, 0.3) is 18.0 Å². The summed E-state index contributed by atoms with van der Waals surface area (Å²) < 4.78 is 29.9. The number of hydrogen-bond acceptors (Lipinski definition) is 5. The third-order valence-electron chi connectivity index (χ3n) is 4.11. The Morgan fingerprint density at radius 1 is 1.36 bits per heavy atom. The lowest BCUT2D eigenvalue weighted by molar-refractivity contribution is -0.384. The highest BCUT2D eigenvalue weighted by Crippen LogP contribution is 2.33. The number of alkyl halides is 2. The molecule has 1 fully saturated rings. The zero-order chi connectivity index (χ0) is 18.4. The molecular weight excluding hydrogens is 336 g/mol. The van der Waals surface area contributed by atoms with Crippen LogP contribution in [0, 0.1) is 10.1 Å². The molecule has 0 saturated heterocycles. The van der Waals surface area contributed by atoms with Gasteiger partial charge in [-0.15, -0.1) is 0 Å². The van der Waals surface area contributed by atoms with Crippen LogP contribution in [0.15, 0.2) is 12.1 Å². The summed E-state index contributed by atoms with van der Waals surface area (Å²) in [6, 6.07) is 2.24. The average Bonchev–Trinajstić information content (AvgIpc) is 2.59. The van der Waals surface area contributed by atoms with Crippen molar-refractivity contribution in [1.29, 1.82) is 0 Å². The molecule has 0 unspecified atom stereocenters. The number of nitrogens with zero attached hydrogens (tertiary/aromatic N) is 1. The van der Waals surface area contributed by atoms with Gasteiger partial charge in [0, 0.05) is 25.2 Å². The Bertz CT molecular complexity index is 634. The standard InChI is InChI=1S/C16H21F2N3O4/c1-19-12-8-14(25-9-15(17)18)11(7-13(12)21(23)24)16(22)20-10-5-3-2-4-6-10/h7-8,10,15,19H,2-6,9H2,1H3,(H,20,22). The van der Waals surface area contributed by atoms with Crippen molar-refractivity contribution < 1.29 is 23.2 Å². The minimum atomic E-state index is -2.72. The van der Waals surface area contributed by atoms with E-state index in [0.29, 0.717) is 0 Å². The van der Waals surface area contributed by atoms with Gasteiger partial charge in [-0.2, -0.15) is 0 Å². The number of amides is 1. The maximum Gasteiger partial charge on any atom is 0.293 e. The number of nitrogens with one attached hydrogen (secondary N) is 2. The first-order valence-electron chi connectivity index (χ1n) is 8.14. The van der Waals surface area contributed by atoms with E-state index in [1.807, 2.05) is 0 Å². The smallest absolute Gasteiger partial charge is 0.293 e. The average molecular weight is 357 g/mol. The summed E-state index contributed by atoms with van der Waals surface area (Å²) in [5, 5.41) is 16.6. The first kappa shape index (κ1) is 18.9. The predicted molar refractivity (Wildman–Crippen MR) is 88.5 cm³/mol. The zero-order valence-electron chi connectivity index (χ0n) is 13.9. The van der Waals surface area contributed by atoms with Crippen LogP contribution < -0.4 is 15.4 Å². The highest BCUT2D eigenvalue weighted by atomic mass is 19.3. The number of nitro groups is 1.